The number of cyclic esters (lactones) is 1. The van der Waals surface area contributed by atoms with Gasteiger partial charge in [0.05, 0.1) is 35.9 Å². The molecule has 0 bridgehead atoms. The molecular formula is C54H86N4O13. The molecule has 3 fully saturated rings. The maximum absolute atomic E-state index is 14.6. The molecule has 71 heavy (non-hydrogen) atoms. The summed E-state index contributed by atoms with van der Waals surface area (Å²) in [6.07, 6.45) is -9.34. The molecular weight excluding hydrogens is 913 g/mol. The largest absolute Gasteiger partial charge is 0.459 e. The molecule has 0 aromatic heterocycles. The van der Waals surface area contributed by atoms with Gasteiger partial charge in [-0.25, -0.2) is 10.2 Å². The normalized spacial score (nSPS) is 39.5. The summed E-state index contributed by atoms with van der Waals surface area (Å²) in [6.45, 7) is 19.8. The minimum atomic E-state index is -1.85. The molecule has 2 aromatic rings. The van der Waals surface area contributed by atoms with Gasteiger partial charge in [-0.3, -0.25) is 4.79 Å². The van der Waals surface area contributed by atoms with E-state index >= 15 is 0 Å². The van der Waals surface area contributed by atoms with Crippen molar-refractivity contribution in [3.05, 3.63) is 60.2 Å². The van der Waals surface area contributed by atoms with E-state index in [0.717, 1.165) is 16.7 Å². The van der Waals surface area contributed by atoms with Gasteiger partial charge in [-0.1, -0.05) is 75.4 Å². The summed E-state index contributed by atoms with van der Waals surface area (Å²) in [5, 5.41) is 52.4. The smallest absolute Gasteiger partial charge is 0.428 e. The Kier molecular flexibility index (Phi) is 20.2. The summed E-state index contributed by atoms with van der Waals surface area (Å²) < 4.78 is 44.7. The molecule has 2 aromatic carbocycles. The van der Waals surface area contributed by atoms with Crippen molar-refractivity contribution in [2.24, 2.45) is 22.9 Å². The lowest BCUT2D eigenvalue weighted by atomic mass is 9.77. The number of hydrazone groups is 1. The molecule has 3 aliphatic heterocycles. The number of amides is 1. The van der Waals surface area contributed by atoms with Crippen molar-refractivity contribution >= 4 is 17.8 Å². The molecule has 17 nitrogen and oxygen atoms in total. The van der Waals surface area contributed by atoms with Crippen LogP contribution < -0.4 is 5.43 Å². The first-order valence-corrected chi connectivity index (χ1v) is 25.4. The van der Waals surface area contributed by atoms with Crippen LogP contribution in [0.2, 0.25) is 0 Å². The van der Waals surface area contributed by atoms with Crippen LogP contribution in [0.15, 0.2) is 59.7 Å². The van der Waals surface area contributed by atoms with E-state index < -0.39 is 102 Å². The zero-order chi connectivity index (χ0) is 52.7. The van der Waals surface area contributed by atoms with Gasteiger partial charge >= 0.3 is 12.1 Å². The predicted molar refractivity (Wildman–Crippen MR) is 270 cm³/mol. The number of aliphatic hydroxyl groups is 4. The molecule has 18 atom stereocenters. The standard InChI is InChI=1S/C54H86N4O13/c1-16-42-54(11,64)46(60)36(7)58(14)30-31(2)28-52(9,63)47(70-50-44(59)41(57(12)13)27-33(4)66-50)34(5)45(35(6)49(61)68-42)69-43-29-53(10,65-15)48(37(8)67-43)71-51(62)56-55-32(3)26-38-22-24-40(25-23-38)39-20-18-17-19-21-39/h17-25,31,33-37,41-48,50,59-60,63-64H,16,26-30H2,1-15H3,(H,56,62)/b55-32-/t31-,33-,34+,35-,36-,37+,41+,42-,43+,44-,45+,46-,47-,48?,50+,52-,53-,54-/m1/s1. The van der Waals surface area contributed by atoms with E-state index in [1.807, 2.05) is 89.0 Å². The second-order valence-electron chi connectivity index (χ2n) is 21.7. The number of methoxy groups -OCH3 is 1. The maximum atomic E-state index is 14.6. The molecule has 0 saturated carbocycles. The fourth-order valence-electron chi connectivity index (χ4n) is 11.0. The third-order valence-electron chi connectivity index (χ3n) is 15.3. The number of nitrogens with zero attached hydrogens (tertiary/aromatic N) is 3. The molecule has 3 aliphatic rings. The fourth-order valence-corrected chi connectivity index (χ4v) is 11.0. The van der Waals surface area contributed by atoms with Gasteiger partial charge in [0.2, 0.25) is 0 Å². The molecule has 3 saturated heterocycles. The van der Waals surface area contributed by atoms with Crippen LogP contribution in [0, 0.1) is 17.8 Å². The van der Waals surface area contributed by atoms with Crippen molar-refractivity contribution in [2.75, 3.05) is 34.8 Å². The van der Waals surface area contributed by atoms with Crippen LogP contribution in [0.4, 0.5) is 4.79 Å². The summed E-state index contributed by atoms with van der Waals surface area (Å²) in [6, 6.07) is 17.4. The Morgan fingerprint density at radius 3 is 2.15 bits per heavy atom. The highest BCUT2D eigenvalue weighted by Crippen LogP contribution is 2.41. The van der Waals surface area contributed by atoms with E-state index in [1.54, 1.807) is 41.5 Å². The molecule has 1 amide bonds. The summed E-state index contributed by atoms with van der Waals surface area (Å²) in [4.78, 5) is 31.8. The Bertz CT molecular complexity index is 2040. The van der Waals surface area contributed by atoms with Crippen molar-refractivity contribution < 1.29 is 63.2 Å². The van der Waals surface area contributed by atoms with Crippen molar-refractivity contribution in [2.45, 2.75) is 199 Å². The van der Waals surface area contributed by atoms with Crippen molar-refractivity contribution in [3.63, 3.8) is 0 Å². The first-order valence-electron chi connectivity index (χ1n) is 25.4. The topological polar surface area (TPSA) is 211 Å². The van der Waals surface area contributed by atoms with E-state index in [-0.39, 0.29) is 37.3 Å². The van der Waals surface area contributed by atoms with E-state index in [9.17, 15) is 30.0 Å². The van der Waals surface area contributed by atoms with Crippen LogP contribution in [0.5, 0.6) is 0 Å². The zero-order valence-electron chi connectivity index (χ0n) is 44.9. The highest BCUT2D eigenvalue weighted by molar-refractivity contribution is 5.85. The summed E-state index contributed by atoms with van der Waals surface area (Å²) in [7, 11) is 7.10. The Morgan fingerprint density at radius 1 is 0.915 bits per heavy atom. The van der Waals surface area contributed by atoms with Crippen LogP contribution >= 0.6 is 0 Å². The Hall–Kier alpha value is -3.59. The van der Waals surface area contributed by atoms with Crippen LogP contribution in [-0.2, 0) is 44.4 Å². The molecule has 3 heterocycles. The maximum Gasteiger partial charge on any atom is 0.428 e. The van der Waals surface area contributed by atoms with Crippen LogP contribution in [0.25, 0.3) is 11.1 Å². The summed E-state index contributed by atoms with van der Waals surface area (Å²) in [5.41, 5.74) is 1.78. The molecule has 0 aliphatic carbocycles. The highest BCUT2D eigenvalue weighted by Gasteiger charge is 2.54. The number of rotatable bonds is 12. The average molecular weight is 999 g/mol. The molecule has 1 unspecified atom stereocenters. The first-order chi connectivity index (χ1) is 33.2. The molecule has 17 heteroatoms. The van der Waals surface area contributed by atoms with Crippen molar-refractivity contribution in [3.8, 4) is 11.1 Å². The highest BCUT2D eigenvalue weighted by atomic mass is 16.7. The van der Waals surface area contributed by atoms with Crippen LogP contribution in [0.1, 0.15) is 107 Å². The lowest BCUT2D eigenvalue weighted by molar-refractivity contribution is -0.317. The van der Waals surface area contributed by atoms with E-state index in [2.05, 4.69) is 34.8 Å². The number of esters is 1. The molecule has 400 valence electrons. The van der Waals surface area contributed by atoms with E-state index in [4.69, 9.17) is 33.2 Å². The molecule has 0 radical (unpaired) electrons. The van der Waals surface area contributed by atoms with Gasteiger partial charge in [0.1, 0.15) is 29.5 Å². The van der Waals surface area contributed by atoms with Gasteiger partial charge in [0, 0.05) is 50.2 Å². The lowest BCUT2D eigenvalue weighted by Crippen LogP contribution is -2.61. The first kappa shape index (κ1) is 58.3. The minimum Gasteiger partial charge on any atom is -0.459 e. The van der Waals surface area contributed by atoms with Gasteiger partial charge in [0.25, 0.3) is 0 Å². The Balaban J connectivity index is 1.42. The van der Waals surface area contributed by atoms with Crippen molar-refractivity contribution in [1.82, 2.24) is 15.2 Å². The van der Waals surface area contributed by atoms with Gasteiger partial charge in [-0.2, -0.15) is 5.10 Å². The third kappa shape index (κ3) is 14.4. The summed E-state index contributed by atoms with van der Waals surface area (Å²) >= 11 is 0. The quantitative estimate of drug-likeness (QED) is 0.0950. The van der Waals surface area contributed by atoms with Gasteiger partial charge < -0.3 is 63.4 Å². The summed E-state index contributed by atoms with van der Waals surface area (Å²) in [5.74, 6) is -2.83. The fraction of sp³-hybridized carbons (Fsp3) is 0.722. The zero-order valence-corrected chi connectivity index (χ0v) is 44.9. The monoisotopic (exact) mass is 999 g/mol. The van der Waals surface area contributed by atoms with Crippen LogP contribution in [0.3, 0.4) is 0 Å². The lowest BCUT2D eigenvalue weighted by Gasteiger charge is -2.49. The van der Waals surface area contributed by atoms with Gasteiger partial charge in [-0.05, 0) is 118 Å². The number of hydrogen-bond donors (Lipinski definition) is 5. The number of ether oxygens (including phenoxy) is 7. The van der Waals surface area contributed by atoms with E-state index in [0.29, 0.717) is 25.1 Å². The van der Waals surface area contributed by atoms with Gasteiger partial charge in [0.15, 0.2) is 18.7 Å². The molecule has 5 rings (SSSR count). The Morgan fingerprint density at radius 2 is 1.55 bits per heavy atom. The minimum absolute atomic E-state index is 0.0339. The molecule has 0 spiro atoms. The van der Waals surface area contributed by atoms with Crippen LogP contribution in [-0.4, -0.2) is 173 Å². The predicted octanol–water partition coefficient (Wildman–Crippen LogP) is 5.92. The number of carbonyl (C=O) groups excluding carboxylic acids is 2. The average Bonchev–Trinajstić information content (AvgIpc) is 3.31. The molecule has 5 N–H and O–H groups in total. The number of carbonyl (C=O) groups is 2. The van der Waals surface area contributed by atoms with Crippen molar-refractivity contribution in [1.29, 1.82) is 0 Å². The SMILES string of the molecule is CC[C@H]1OC(=O)[C@H](C)[C@@H](O[C@H]2C[C@@](C)(OC)C(OC(=O)N/N=C(/C)Cc3ccc(-c4ccccc4)cc3)[C@H](C)O2)[C@H](C)[C@@H](O[C@@H]2O[C@H](C)C[C@H](N(C)C)[C@H]2O)[C@](C)(O)C[C@@H](C)CN(C)[C@H](C)[C@@H](O)[C@]1(C)O. The number of hydrogen-bond acceptors (Lipinski definition) is 16. The number of likely N-dealkylation sites (N-methyl/N-ethyl adjacent to an activating group) is 2. The van der Waals surface area contributed by atoms with Gasteiger partial charge in [-0.15, -0.1) is 0 Å². The second kappa shape index (κ2) is 24.6. The van der Waals surface area contributed by atoms with E-state index in [1.165, 1.54) is 14.0 Å². The number of benzene rings is 2. The third-order valence-corrected chi connectivity index (χ3v) is 15.3. The Labute approximate surface area is 422 Å². The number of nitrogens with one attached hydrogen (secondary N) is 1. The number of aliphatic hydroxyl groups excluding tert-OH is 2. The second-order valence-corrected chi connectivity index (χ2v) is 21.7.